The van der Waals surface area contributed by atoms with E-state index in [1.165, 1.54) is 19.4 Å². The Morgan fingerprint density at radius 2 is 2.00 bits per heavy atom. The number of rotatable bonds is 4. The first-order chi connectivity index (χ1) is 9.47. The highest BCUT2D eigenvalue weighted by Gasteiger charge is 2.21. The Labute approximate surface area is 127 Å². The molecule has 1 N–H and O–H groups in total. The van der Waals surface area contributed by atoms with Crippen molar-refractivity contribution < 1.29 is 5.11 Å². The smallest absolute Gasteiger partial charge is 0.0762 e. The van der Waals surface area contributed by atoms with Gasteiger partial charge in [-0.15, -0.1) is 0 Å². The second kappa shape index (κ2) is 6.79. The fourth-order valence-electron chi connectivity index (χ4n) is 2.91. The van der Waals surface area contributed by atoms with E-state index < -0.39 is 6.10 Å². The summed E-state index contributed by atoms with van der Waals surface area (Å²) in [7, 11) is 4.27. The van der Waals surface area contributed by atoms with Gasteiger partial charge in [0.2, 0.25) is 0 Å². The van der Waals surface area contributed by atoms with Gasteiger partial charge in [0.25, 0.3) is 0 Å². The van der Waals surface area contributed by atoms with Gasteiger partial charge in [-0.05, 0) is 57.5 Å². The quantitative estimate of drug-likeness (QED) is 0.924. The van der Waals surface area contributed by atoms with E-state index in [0.717, 1.165) is 35.3 Å². The molecule has 1 atom stereocenters. The summed E-state index contributed by atoms with van der Waals surface area (Å²) in [5, 5.41) is 10.3. The molecule has 1 aliphatic heterocycles. The predicted molar refractivity (Wildman–Crippen MR) is 85.6 cm³/mol. The molecule has 1 fully saturated rings. The van der Waals surface area contributed by atoms with E-state index in [1.54, 1.807) is 6.92 Å². The van der Waals surface area contributed by atoms with Gasteiger partial charge in [-0.2, -0.15) is 0 Å². The Balaban J connectivity index is 2.00. The van der Waals surface area contributed by atoms with Crippen LogP contribution >= 0.6 is 11.6 Å². The first kappa shape index (κ1) is 15.6. The van der Waals surface area contributed by atoms with Crippen LogP contribution in [0.4, 0.5) is 5.69 Å². The number of hydrogen-bond acceptors (Lipinski definition) is 3. The van der Waals surface area contributed by atoms with E-state index in [-0.39, 0.29) is 0 Å². The Kier molecular flexibility index (Phi) is 5.30. The highest BCUT2D eigenvalue weighted by Crippen LogP contribution is 2.32. The van der Waals surface area contributed by atoms with E-state index in [0.29, 0.717) is 0 Å². The summed E-state index contributed by atoms with van der Waals surface area (Å²) in [4.78, 5) is 4.63. The van der Waals surface area contributed by atoms with Crippen LogP contribution in [0.1, 0.15) is 31.4 Å². The molecular formula is C16H25ClN2O. The van der Waals surface area contributed by atoms with E-state index in [2.05, 4.69) is 23.9 Å². The fraction of sp³-hybridized carbons (Fsp3) is 0.625. The number of halogens is 1. The van der Waals surface area contributed by atoms with Crippen LogP contribution in [0.25, 0.3) is 0 Å². The molecule has 112 valence electrons. The Bertz CT molecular complexity index is 440. The van der Waals surface area contributed by atoms with Crippen LogP contribution < -0.4 is 4.90 Å². The molecule has 0 bridgehead atoms. The van der Waals surface area contributed by atoms with Gasteiger partial charge in [0.05, 0.1) is 16.8 Å². The second-order valence-electron chi connectivity index (χ2n) is 6.08. The van der Waals surface area contributed by atoms with Crippen LogP contribution in [0.5, 0.6) is 0 Å². The van der Waals surface area contributed by atoms with Gasteiger partial charge in [-0.1, -0.05) is 17.7 Å². The number of anilines is 1. The molecule has 1 aliphatic rings. The van der Waals surface area contributed by atoms with Gasteiger partial charge < -0.3 is 14.9 Å². The van der Waals surface area contributed by atoms with Crippen molar-refractivity contribution in [2.75, 3.05) is 38.6 Å². The lowest BCUT2D eigenvalue weighted by Gasteiger charge is -2.35. The van der Waals surface area contributed by atoms with Gasteiger partial charge in [-0.25, -0.2) is 0 Å². The largest absolute Gasteiger partial charge is 0.389 e. The predicted octanol–water partition coefficient (Wildman–Crippen LogP) is 3.17. The average molecular weight is 297 g/mol. The van der Waals surface area contributed by atoms with E-state index in [1.807, 2.05) is 18.2 Å². The van der Waals surface area contributed by atoms with Crippen LogP contribution in [-0.4, -0.2) is 43.7 Å². The molecular weight excluding hydrogens is 272 g/mol. The van der Waals surface area contributed by atoms with Crippen LogP contribution in [0.15, 0.2) is 18.2 Å². The summed E-state index contributed by atoms with van der Waals surface area (Å²) in [6, 6.07) is 5.89. The van der Waals surface area contributed by atoms with E-state index in [4.69, 9.17) is 11.6 Å². The lowest BCUT2D eigenvalue weighted by atomic mass is 9.96. The average Bonchev–Trinajstić information content (AvgIpc) is 2.39. The minimum atomic E-state index is -0.465. The number of nitrogens with zero attached hydrogens (tertiary/aromatic N) is 2. The van der Waals surface area contributed by atoms with Crippen LogP contribution in [0, 0.1) is 5.92 Å². The maximum absolute atomic E-state index is 9.59. The summed E-state index contributed by atoms with van der Waals surface area (Å²) in [6.45, 7) is 5.05. The monoisotopic (exact) mass is 296 g/mol. The van der Waals surface area contributed by atoms with Gasteiger partial charge in [0.1, 0.15) is 0 Å². The van der Waals surface area contributed by atoms with Gasteiger partial charge in [0, 0.05) is 19.6 Å². The SMILES string of the molecule is CC(O)c1ccc(N2CCC(CN(C)C)CC2)c(Cl)c1. The summed E-state index contributed by atoms with van der Waals surface area (Å²) < 4.78 is 0. The van der Waals surface area contributed by atoms with Gasteiger partial charge in [-0.3, -0.25) is 0 Å². The maximum Gasteiger partial charge on any atom is 0.0762 e. The first-order valence-electron chi connectivity index (χ1n) is 7.34. The molecule has 1 aromatic rings. The molecule has 0 aliphatic carbocycles. The minimum Gasteiger partial charge on any atom is -0.389 e. The van der Waals surface area contributed by atoms with Crippen LogP contribution in [0.3, 0.4) is 0 Å². The molecule has 4 heteroatoms. The molecule has 0 radical (unpaired) electrons. The number of aliphatic hydroxyl groups excluding tert-OH is 1. The van der Waals surface area contributed by atoms with Crippen molar-refractivity contribution >= 4 is 17.3 Å². The number of piperidine rings is 1. The molecule has 0 amide bonds. The number of benzene rings is 1. The van der Waals surface area contributed by atoms with Gasteiger partial charge >= 0.3 is 0 Å². The molecule has 2 rings (SSSR count). The zero-order valence-electron chi connectivity index (χ0n) is 12.6. The minimum absolute atomic E-state index is 0.465. The Hall–Kier alpha value is -0.770. The summed E-state index contributed by atoms with van der Waals surface area (Å²) in [5.74, 6) is 0.789. The van der Waals surface area contributed by atoms with Crippen molar-refractivity contribution in [3.8, 4) is 0 Å². The van der Waals surface area contributed by atoms with Gasteiger partial charge in [0.15, 0.2) is 0 Å². The summed E-state index contributed by atoms with van der Waals surface area (Å²) in [6.07, 6.45) is 1.96. The van der Waals surface area contributed by atoms with Crippen molar-refractivity contribution in [3.05, 3.63) is 28.8 Å². The molecule has 20 heavy (non-hydrogen) atoms. The Morgan fingerprint density at radius 3 is 2.50 bits per heavy atom. The lowest BCUT2D eigenvalue weighted by Crippen LogP contribution is -2.37. The topological polar surface area (TPSA) is 26.7 Å². The van der Waals surface area contributed by atoms with Crippen molar-refractivity contribution in [3.63, 3.8) is 0 Å². The molecule has 3 nitrogen and oxygen atoms in total. The molecule has 1 aromatic carbocycles. The van der Waals surface area contributed by atoms with E-state index in [9.17, 15) is 5.11 Å². The zero-order valence-corrected chi connectivity index (χ0v) is 13.4. The third-order valence-corrected chi connectivity index (χ3v) is 4.34. The lowest BCUT2D eigenvalue weighted by molar-refractivity contribution is 0.199. The highest BCUT2D eigenvalue weighted by atomic mass is 35.5. The summed E-state index contributed by atoms with van der Waals surface area (Å²) >= 11 is 6.37. The molecule has 0 spiro atoms. The Morgan fingerprint density at radius 1 is 1.35 bits per heavy atom. The van der Waals surface area contributed by atoms with Crippen LogP contribution in [0.2, 0.25) is 5.02 Å². The molecule has 1 heterocycles. The third kappa shape index (κ3) is 3.87. The zero-order chi connectivity index (χ0) is 14.7. The first-order valence-corrected chi connectivity index (χ1v) is 7.72. The van der Waals surface area contributed by atoms with Crippen molar-refractivity contribution in [1.29, 1.82) is 0 Å². The highest BCUT2D eigenvalue weighted by molar-refractivity contribution is 6.33. The maximum atomic E-state index is 9.59. The number of hydrogen-bond donors (Lipinski definition) is 1. The fourth-order valence-corrected chi connectivity index (χ4v) is 3.22. The van der Waals surface area contributed by atoms with Crippen molar-refractivity contribution in [2.45, 2.75) is 25.9 Å². The second-order valence-corrected chi connectivity index (χ2v) is 6.49. The molecule has 0 aromatic heterocycles. The third-order valence-electron chi connectivity index (χ3n) is 4.03. The molecule has 1 unspecified atom stereocenters. The van der Waals surface area contributed by atoms with E-state index >= 15 is 0 Å². The standard InChI is InChI=1S/C16H25ClN2O/c1-12(20)14-4-5-16(15(17)10-14)19-8-6-13(7-9-19)11-18(2)3/h4-5,10,12-13,20H,6-9,11H2,1-3H3. The summed E-state index contributed by atoms with van der Waals surface area (Å²) in [5.41, 5.74) is 1.97. The normalized spacial score (nSPS) is 18.6. The molecule has 1 saturated heterocycles. The van der Waals surface area contributed by atoms with Crippen molar-refractivity contribution in [1.82, 2.24) is 4.90 Å². The van der Waals surface area contributed by atoms with Crippen molar-refractivity contribution in [2.24, 2.45) is 5.92 Å². The number of aliphatic hydroxyl groups is 1. The molecule has 0 saturated carbocycles. The van der Waals surface area contributed by atoms with Crippen LogP contribution in [-0.2, 0) is 0 Å².